The molecule has 6 heteroatoms. The van der Waals surface area contributed by atoms with Gasteiger partial charge in [-0.25, -0.2) is 4.79 Å². The van der Waals surface area contributed by atoms with E-state index >= 15 is 0 Å². The maximum Gasteiger partial charge on any atom is 0.408 e. The zero-order chi connectivity index (χ0) is 13.3. The number of ether oxygens (including phenoxy) is 1. The van der Waals surface area contributed by atoms with Gasteiger partial charge in [0.2, 0.25) is 0 Å². The molecule has 1 heterocycles. The quantitative estimate of drug-likeness (QED) is 0.616. The average molecular weight is 259 g/mol. The highest BCUT2D eigenvalue weighted by Crippen LogP contribution is 2.37. The Morgan fingerprint density at radius 3 is 2.47 bits per heavy atom. The molecular weight excluding hydrogens is 238 g/mol. The molecule has 1 atom stereocenters. The number of carbonyl (C=O) groups is 2. The van der Waals surface area contributed by atoms with Gasteiger partial charge in [0.05, 0.1) is 6.61 Å². The number of rotatable bonds is 4. The van der Waals surface area contributed by atoms with Gasteiger partial charge in [-0.05, 0) is 18.1 Å². The second kappa shape index (κ2) is 4.42. The Morgan fingerprint density at radius 1 is 1.53 bits per heavy atom. The molecule has 0 spiro atoms. The van der Waals surface area contributed by atoms with Crippen LogP contribution >= 0.6 is 0 Å². The van der Waals surface area contributed by atoms with Crippen molar-refractivity contribution in [1.29, 1.82) is 0 Å². The van der Waals surface area contributed by atoms with E-state index in [-0.39, 0.29) is 18.3 Å². The van der Waals surface area contributed by atoms with Gasteiger partial charge in [0.15, 0.2) is 20.1 Å². The summed E-state index contributed by atoms with van der Waals surface area (Å²) in [5, 5.41) is 2.58. The number of alkyl carbamates (subject to hydrolysis) is 1. The molecule has 0 aromatic rings. The number of cyclic esters (lactones) is 1. The molecule has 1 rings (SSSR count). The van der Waals surface area contributed by atoms with Crippen LogP contribution in [0.5, 0.6) is 0 Å². The number of hydrogen-bond donors (Lipinski definition) is 1. The Kier molecular flexibility index (Phi) is 3.68. The predicted octanol–water partition coefficient (Wildman–Crippen LogP) is 1.69. The average Bonchev–Trinajstić information content (AvgIpc) is 2.57. The summed E-state index contributed by atoms with van der Waals surface area (Å²) in [5.41, 5.74) is -1.01. The van der Waals surface area contributed by atoms with E-state index in [1.165, 1.54) is 0 Å². The molecule has 1 aliphatic heterocycles. The van der Waals surface area contributed by atoms with Crippen LogP contribution in [0.1, 0.15) is 20.8 Å². The van der Waals surface area contributed by atoms with Crippen LogP contribution in [0.3, 0.4) is 0 Å². The standard InChI is InChI=1S/C11H21NO4Si/c1-10(2,3)17(4,5)16-8-11(6-13)7-15-9(14)12-11/h6H,7-8H2,1-5H3,(H,12,14)/t11-/m0/s1. The van der Waals surface area contributed by atoms with Gasteiger partial charge in [0, 0.05) is 0 Å². The molecule has 0 aromatic carbocycles. The van der Waals surface area contributed by atoms with Gasteiger partial charge in [-0.15, -0.1) is 0 Å². The molecular formula is C11H21NO4Si. The predicted molar refractivity (Wildman–Crippen MR) is 66.4 cm³/mol. The maximum atomic E-state index is 11.1. The van der Waals surface area contributed by atoms with Crippen LogP contribution in [0.4, 0.5) is 4.79 Å². The second-order valence-electron chi connectivity index (χ2n) is 6.02. The largest absolute Gasteiger partial charge is 0.446 e. The summed E-state index contributed by atoms with van der Waals surface area (Å²) in [6, 6.07) is 0. The normalized spacial score (nSPS) is 25.4. The minimum absolute atomic E-state index is 0.0456. The first-order valence-electron chi connectivity index (χ1n) is 5.67. The minimum atomic E-state index is -1.92. The lowest BCUT2D eigenvalue weighted by Crippen LogP contribution is -2.53. The Balaban J connectivity index is 2.66. The lowest BCUT2D eigenvalue weighted by atomic mass is 10.1. The van der Waals surface area contributed by atoms with Crippen molar-refractivity contribution in [2.75, 3.05) is 13.2 Å². The molecule has 5 nitrogen and oxygen atoms in total. The van der Waals surface area contributed by atoms with Gasteiger partial charge in [-0.2, -0.15) is 0 Å². The fourth-order valence-corrected chi connectivity index (χ4v) is 2.22. The summed E-state index contributed by atoms with van der Waals surface area (Å²) < 4.78 is 10.7. The lowest BCUT2D eigenvalue weighted by Gasteiger charge is -2.38. The number of amides is 1. The lowest BCUT2D eigenvalue weighted by molar-refractivity contribution is -0.114. The molecule has 17 heavy (non-hydrogen) atoms. The van der Waals surface area contributed by atoms with Crippen molar-refractivity contribution >= 4 is 20.7 Å². The van der Waals surface area contributed by atoms with Gasteiger partial charge in [0.1, 0.15) is 6.61 Å². The van der Waals surface area contributed by atoms with Gasteiger partial charge in [-0.3, -0.25) is 0 Å². The minimum Gasteiger partial charge on any atom is -0.446 e. The highest BCUT2D eigenvalue weighted by Gasteiger charge is 2.44. The van der Waals surface area contributed by atoms with Crippen molar-refractivity contribution in [3.05, 3.63) is 0 Å². The van der Waals surface area contributed by atoms with E-state index in [9.17, 15) is 9.59 Å². The second-order valence-corrected chi connectivity index (χ2v) is 10.8. The summed E-state index contributed by atoms with van der Waals surface area (Å²) >= 11 is 0. The Bertz CT molecular complexity index is 324. The first-order chi connectivity index (χ1) is 7.62. The zero-order valence-electron chi connectivity index (χ0n) is 11.1. The monoisotopic (exact) mass is 259 g/mol. The van der Waals surface area contributed by atoms with E-state index in [1.807, 2.05) is 0 Å². The van der Waals surface area contributed by atoms with Gasteiger partial charge < -0.3 is 19.3 Å². The smallest absolute Gasteiger partial charge is 0.408 e. The van der Waals surface area contributed by atoms with Gasteiger partial charge in [0.25, 0.3) is 0 Å². The summed E-state index contributed by atoms with van der Waals surface area (Å²) in [6.45, 7) is 10.8. The fraction of sp³-hybridized carbons (Fsp3) is 0.818. The van der Waals surface area contributed by atoms with Gasteiger partial charge >= 0.3 is 6.09 Å². The summed E-state index contributed by atoms with van der Waals surface area (Å²) in [6.07, 6.45) is 0.140. The molecule has 0 aliphatic carbocycles. The van der Waals surface area contributed by atoms with Crippen molar-refractivity contribution in [3.8, 4) is 0 Å². The molecule has 98 valence electrons. The number of carbonyl (C=O) groups excluding carboxylic acids is 2. The molecule has 0 unspecified atom stereocenters. The first kappa shape index (κ1) is 14.2. The van der Waals surface area contributed by atoms with Crippen molar-refractivity contribution in [1.82, 2.24) is 5.32 Å². The first-order valence-corrected chi connectivity index (χ1v) is 8.58. The SMILES string of the molecule is CC(C)(C)[Si](C)(C)OC[C@]1(C=O)COC(=O)N1. The van der Waals surface area contributed by atoms with E-state index in [0.717, 1.165) is 0 Å². The third-order valence-electron chi connectivity index (χ3n) is 3.53. The molecule has 0 saturated carbocycles. The summed E-state index contributed by atoms with van der Waals surface area (Å²) in [5.74, 6) is 0. The molecule has 1 aliphatic rings. The summed E-state index contributed by atoms with van der Waals surface area (Å²) in [4.78, 5) is 22.1. The van der Waals surface area contributed by atoms with Crippen molar-refractivity contribution in [2.24, 2.45) is 0 Å². The molecule has 0 aromatic heterocycles. The van der Waals surface area contributed by atoms with E-state index < -0.39 is 19.9 Å². The molecule has 0 bridgehead atoms. The molecule has 1 N–H and O–H groups in total. The van der Waals surface area contributed by atoms with Crippen molar-refractivity contribution < 1.29 is 18.8 Å². The molecule has 1 amide bonds. The van der Waals surface area contributed by atoms with E-state index in [2.05, 4.69) is 39.2 Å². The van der Waals surface area contributed by atoms with Crippen LogP contribution < -0.4 is 5.32 Å². The zero-order valence-corrected chi connectivity index (χ0v) is 12.1. The summed E-state index contributed by atoms with van der Waals surface area (Å²) in [7, 11) is -1.92. The highest BCUT2D eigenvalue weighted by atomic mass is 28.4. The van der Waals surface area contributed by atoms with E-state index in [1.54, 1.807) is 0 Å². The van der Waals surface area contributed by atoms with Gasteiger partial charge in [-0.1, -0.05) is 20.8 Å². The molecule has 0 radical (unpaired) electrons. The maximum absolute atomic E-state index is 11.1. The topological polar surface area (TPSA) is 64.6 Å². The Labute approximate surface area is 103 Å². The molecule has 1 saturated heterocycles. The van der Waals surface area contributed by atoms with Crippen LogP contribution in [0, 0.1) is 0 Å². The fourth-order valence-electron chi connectivity index (χ4n) is 1.17. The third kappa shape index (κ3) is 3.07. The van der Waals surface area contributed by atoms with Crippen molar-refractivity contribution in [2.45, 2.75) is 44.4 Å². The number of hydrogen-bond acceptors (Lipinski definition) is 4. The van der Waals surface area contributed by atoms with Crippen LogP contribution in [0.25, 0.3) is 0 Å². The highest BCUT2D eigenvalue weighted by molar-refractivity contribution is 6.74. The van der Waals surface area contributed by atoms with Crippen LogP contribution in [0.2, 0.25) is 18.1 Å². The van der Waals surface area contributed by atoms with E-state index in [0.29, 0.717) is 6.29 Å². The van der Waals surface area contributed by atoms with Crippen molar-refractivity contribution in [3.63, 3.8) is 0 Å². The number of nitrogens with one attached hydrogen (secondary N) is 1. The number of aldehydes is 1. The van der Waals surface area contributed by atoms with E-state index in [4.69, 9.17) is 9.16 Å². The van der Waals surface area contributed by atoms with Crippen LogP contribution in [-0.2, 0) is 14.0 Å². The Hall–Kier alpha value is -0.883. The Morgan fingerprint density at radius 2 is 2.12 bits per heavy atom. The van der Waals surface area contributed by atoms with Crippen LogP contribution in [0.15, 0.2) is 0 Å². The third-order valence-corrected chi connectivity index (χ3v) is 8.01. The molecule has 1 fully saturated rings. The van der Waals surface area contributed by atoms with Crippen LogP contribution in [-0.4, -0.2) is 39.4 Å².